The second-order valence-corrected chi connectivity index (χ2v) is 3.44. The van der Waals surface area contributed by atoms with Gasteiger partial charge >= 0.3 is 0 Å². The summed E-state index contributed by atoms with van der Waals surface area (Å²) >= 11 is 0. The molecule has 1 aromatic carbocycles. The number of aromatic nitrogens is 3. The lowest BCUT2D eigenvalue weighted by molar-refractivity contribution is 0.628. The van der Waals surface area contributed by atoms with Gasteiger partial charge < -0.3 is 16.0 Å². The van der Waals surface area contributed by atoms with Gasteiger partial charge in [-0.3, -0.25) is 0 Å². The first-order valence-corrected chi connectivity index (χ1v) is 5.35. The minimum atomic E-state index is -0.289. The molecule has 0 unspecified atom stereocenters. The summed E-state index contributed by atoms with van der Waals surface area (Å²) in [5.74, 6) is 0.978. The van der Waals surface area contributed by atoms with Crippen molar-refractivity contribution in [2.24, 2.45) is 0 Å². The van der Waals surface area contributed by atoms with Crippen LogP contribution in [-0.4, -0.2) is 29.0 Å². The molecule has 1 heterocycles. The van der Waals surface area contributed by atoms with Gasteiger partial charge in [-0.25, -0.2) is 4.39 Å². The fourth-order valence-corrected chi connectivity index (χ4v) is 1.32. The summed E-state index contributed by atoms with van der Waals surface area (Å²) in [5.41, 5.74) is 0.701. The van der Waals surface area contributed by atoms with E-state index in [-0.39, 0.29) is 5.82 Å². The summed E-state index contributed by atoms with van der Waals surface area (Å²) in [6.45, 7) is 0. The normalized spacial score (nSPS) is 9.94. The Bertz CT molecular complexity index is 505. The molecular weight excluding hydrogens is 235 g/mol. The molecule has 3 N–H and O–H groups in total. The zero-order valence-electron chi connectivity index (χ0n) is 10.0. The molecule has 0 amide bonds. The van der Waals surface area contributed by atoms with Gasteiger partial charge in [0.15, 0.2) is 0 Å². The van der Waals surface area contributed by atoms with Crippen LogP contribution in [0.25, 0.3) is 0 Å². The van der Waals surface area contributed by atoms with Crippen LogP contribution >= 0.6 is 0 Å². The molecule has 1 aromatic heterocycles. The maximum Gasteiger partial charge on any atom is 0.233 e. The monoisotopic (exact) mass is 248 g/mol. The van der Waals surface area contributed by atoms with Crippen molar-refractivity contribution in [1.82, 2.24) is 15.0 Å². The van der Waals surface area contributed by atoms with Crippen molar-refractivity contribution in [3.05, 3.63) is 30.1 Å². The Balaban J connectivity index is 2.25. The summed E-state index contributed by atoms with van der Waals surface area (Å²) in [5, 5.41) is 8.64. The Hall–Kier alpha value is -2.44. The molecule has 0 aliphatic heterocycles. The van der Waals surface area contributed by atoms with Crippen LogP contribution < -0.4 is 16.0 Å². The van der Waals surface area contributed by atoms with Gasteiger partial charge in [-0.2, -0.15) is 15.0 Å². The average molecular weight is 248 g/mol. The first-order valence-electron chi connectivity index (χ1n) is 5.35. The summed E-state index contributed by atoms with van der Waals surface area (Å²) in [6, 6.07) is 5.94. The molecular formula is C11H13FN6. The predicted molar refractivity (Wildman–Crippen MR) is 68.6 cm³/mol. The van der Waals surface area contributed by atoms with E-state index >= 15 is 0 Å². The SMILES string of the molecule is CNc1nc(NC)nc(Nc2ccc(F)cc2)n1. The molecule has 0 spiro atoms. The second-order valence-electron chi connectivity index (χ2n) is 3.44. The number of hydrogen-bond acceptors (Lipinski definition) is 6. The van der Waals surface area contributed by atoms with Crippen LogP contribution in [0.4, 0.5) is 27.9 Å². The van der Waals surface area contributed by atoms with E-state index in [1.54, 1.807) is 26.2 Å². The minimum absolute atomic E-state index is 0.289. The van der Waals surface area contributed by atoms with Crippen molar-refractivity contribution in [1.29, 1.82) is 0 Å². The lowest BCUT2D eigenvalue weighted by Crippen LogP contribution is -2.07. The Morgan fingerprint density at radius 2 is 1.33 bits per heavy atom. The van der Waals surface area contributed by atoms with Crippen LogP contribution in [0, 0.1) is 5.82 Å². The molecule has 0 bridgehead atoms. The molecule has 2 rings (SSSR count). The fourth-order valence-electron chi connectivity index (χ4n) is 1.32. The number of nitrogens with zero attached hydrogens (tertiary/aromatic N) is 3. The molecule has 2 aromatic rings. The van der Waals surface area contributed by atoms with Crippen molar-refractivity contribution in [3.63, 3.8) is 0 Å². The molecule has 6 nitrogen and oxygen atoms in total. The first kappa shape index (κ1) is 12.0. The number of hydrogen-bond donors (Lipinski definition) is 3. The topological polar surface area (TPSA) is 74.8 Å². The maximum atomic E-state index is 12.8. The predicted octanol–water partition coefficient (Wildman–Crippen LogP) is 1.84. The summed E-state index contributed by atoms with van der Waals surface area (Å²) in [7, 11) is 3.44. The maximum absolute atomic E-state index is 12.8. The van der Waals surface area contributed by atoms with Gasteiger partial charge in [-0.1, -0.05) is 0 Å². The molecule has 0 atom stereocenters. The molecule has 7 heteroatoms. The van der Waals surface area contributed by atoms with E-state index in [9.17, 15) is 4.39 Å². The Labute approximate surface area is 104 Å². The van der Waals surface area contributed by atoms with Gasteiger partial charge in [0.1, 0.15) is 5.82 Å². The number of benzene rings is 1. The van der Waals surface area contributed by atoms with Crippen molar-refractivity contribution in [2.45, 2.75) is 0 Å². The largest absolute Gasteiger partial charge is 0.357 e. The van der Waals surface area contributed by atoms with Gasteiger partial charge in [0.2, 0.25) is 17.8 Å². The Morgan fingerprint density at radius 1 is 0.833 bits per heavy atom. The van der Waals surface area contributed by atoms with Crippen molar-refractivity contribution in [2.75, 3.05) is 30.0 Å². The van der Waals surface area contributed by atoms with E-state index in [1.165, 1.54) is 12.1 Å². The molecule has 0 saturated carbocycles. The Morgan fingerprint density at radius 3 is 1.83 bits per heavy atom. The van der Waals surface area contributed by atoms with Gasteiger partial charge in [0.05, 0.1) is 0 Å². The lowest BCUT2D eigenvalue weighted by atomic mass is 10.3. The second kappa shape index (κ2) is 5.26. The van der Waals surface area contributed by atoms with Crippen molar-refractivity contribution in [3.8, 4) is 0 Å². The van der Waals surface area contributed by atoms with E-state index in [1.807, 2.05) is 0 Å². The average Bonchev–Trinajstić information content (AvgIpc) is 2.41. The van der Waals surface area contributed by atoms with Crippen LogP contribution in [0.2, 0.25) is 0 Å². The van der Waals surface area contributed by atoms with Gasteiger partial charge in [-0.15, -0.1) is 0 Å². The third kappa shape index (κ3) is 2.82. The zero-order valence-corrected chi connectivity index (χ0v) is 10.0. The zero-order chi connectivity index (χ0) is 13.0. The number of halogens is 1. The Kier molecular flexibility index (Phi) is 3.52. The van der Waals surface area contributed by atoms with Crippen LogP contribution in [0.15, 0.2) is 24.3 Å². The van der Waals surface area contributed by atoms with E-state index in [2.05, 4.69) is 30.9 Å². The number of anilines is 4. The standard InChI is InChI=1S/C11H13FN6/c1-13-9-16-10(14-2)18-11(17-9)15-8-5-3-7(12)4-6-8/h3-6H,1-2H3,(H3,13,14,15,16,17,18). The molecule has 0 aliphatic rings. The molecule has 94 valence electrons. The third-order valence-corrected chi connectivity index (χ3v) is 2.18. The summed E-state index contributed by atoms with van der Waals surface area (Å²) < 4.78 is 12.8. The smallest absolute Gasteiger partial charge is 0.233 e. The summed E-state index contributed by atoms with van der Waals surface area (Å²) in [4.78, 5) is 12.4. The highest BCUT2D eigenvalue weighted by atomic mass is 19.1. The number of nitrogens with one attached hydrogen (secondary N) is 3. The quantitative estimate of drug-likeness (QED) is 0.766. The third-order valence-electron chi connectivity index (χ3n) is 2.18. The van der Waals surface area contributed by atoms with Crippen LogP contribution in [0.1, 0.15) is 0 Å². The highest BCUT2D eigenvalue weighted by Crippen LogP contribution is 2.15. The van der Waals surface area contributed by atoms with Crippen molar-refractivity contribution < 1.29 is 4.39 Å². The van der Waals surface area contributed by atoms with E-state index < -0.39 is 0 Å². The van der Waals surface area contributed by atoms with Gasteiger partial charge in [0.25, 0.3) is 0 Å². The van der Waals surface area contributed by atoms with E-state index in [4.69, 9.17) is 0 Å². The van der Waals surface area contributed by atoms with E-state index in [0.717, 1.165) is 0 Å². The van der Waals surface area contributed by atoms with Crippen molar-refractivity contribution >= 4 is 23.5 Å². The molecule has 18 heavy (non-hydrogen) atoms. The van der Waals surface area contributed by atoms with Crippen LogP contribution in [0.3, 0.4) is 0 Å². The van der Waals surface area contributed by atoms with Gasteiger partial charge in [0, 0.05) is 19.8 Å². The first-order chi connectivity index (χ1) is 8.71. The lowest BCUT2D eigenvalue weighted by Gasteiger charge is -2.08. The molecule has 0 radical (unpaired) electrons. The highest BCUT2D eigenvalue weighted by Gasteiger charge is 2.04. The molecule has 0 saturated heterocycles. The number of rotatable bonds is 4. The van der Waals surface area contributed by atoms with Gasteiger partial charge in [-0.05, 0) is 24.3 Å². The highest BCUT2D eigenvalue weighted by molar-refractivity contribution is 5.55. The summed E-state index contributed by atoms with van der Waals surface area (Å²) in [6.07, 6.45) is 0. The minimum Gasteiger partial charge on any atom is -0.357 e. The van der Waals surface area contributed by atoms with Crippen LogP contribution in [0.5, 0.6) is 0 Å². The fraction of sp³-hybridized carbons (Fsp3) is 0.182. The molecule has 0 aliphatic carbocycles. The van der Waals surface area contributed by atoms with E-state index in [0.29, 0.717) is 23.5 Å². The molecule has 0 fully saturated rings. The van der Waals surface area contributed by atoms with Crippen LogP contribution in [-0.2, 0) is 0 Å².